The van der Waals surface area contributed by atoms with E-state index >= 15 is 0 Å². The molecular formula is C7H11NO2. The van der Waals surface area contributed by atoms with E-state index in [2.05, 4.69) is 5.32 Å². The highest BCUT2D eigenvalue weighted by Gasteiger charge is 2.43. The van der Waals surface area contributed by atoms with Crippen LogP contribution in [0.4, 0.5) is 0 Å². The summed E-state index contributed by atoms with van der Waals surface area (Å²) < 4.78 is 0. The summed E-state index contributed by atoms with van der Waals surface area (Å²) in [5, 5.41) is 2.60. The van der Waals surface area contributed by atoms with Crippen LogP contribution >= 0.6 is 0 Å². The summed E-state index contributed by atoms with van der Waals surface area (Å²) in [5.74, 6) is -0.637. The van der Waals surface area contributed by atoms with E-state index in [0.29, 0.717) is 0 Å². The van der Waals surface area contributed by atoms with Crippen molar-refractivity contribution in [2.45, 2.75) is 26.3 Å². The fraction of sp³-hybridized carbons (Fsp3) is 0.714. The van der Waals surface area contributed by atoms with Crippen LogP contribution in [0.5, 0.6) is 0 Å². The normalized spacial score (nSPS) is 30.5. The Morgan fingerprint density at radius 2 is 1.90 bits per heavy atom. The lowest BCUT2D eigenvalue weighted by molar-refractivity contribution is -0.127. The number of hydrogen-bond donors (Lipinski definition) is 1. The number of nitrogens with one attached hydrogen (secondary N) is 1. The van der Waals surface area contributed by atoms with Crippen molar-refractivity contribution in [3.63, 3.8) is 0 Å². The number of carbonyl (C=O) groups excluding carboxylic acids is 2. The zero-order valence-electron chi connectivity index (χ0n) is 6.39. The molecule has 0 radical (unpaired) electrons. The molecule has 1 aliphatic heterocycles. The number of ketones is 1. The minimum atomic E-state index is -0.642. The molecule has 1 saturated heterocycles. The second kappa shape index (κ2) is 1.81. The van der Waals surface area contributed by atoms with Crippen LogP contribution < -0.4 is 5.32 Å². The summed E-state index contributed by atoms with van der Waals surface area (Å²) in [6, 6.07) is 0. The minimum absolute atomic E-state index is 0.0162. The first-order valence-electron chi connectivity index (χ1n) is 3.31. The van der Waals surface area contributed by atoms with Gasteiger partial charge in [-0.3, -0.25) is 9.59 Å². The van der Waals surface area contributed by atoms with Crippen LogP contribution in [0, 0.1) is 5.92 Å². The maximum atomic E-state index is 11.2. The van der Waals surface area contributed by atoms with Crippen molar-refractivity contribution in [3.05, 3.63) is 0 Å². The van der Waals surface area contributed by atoms with Gasteiger partial charge in [-0.2, -0.15) is 0 Å². The Bertz CT molecular complexity index is 196. The van der Waals surface area contributed by atoms with E-state index in [-0.39, 0.29) is 11.7 Å². The Morgan fingerprint density at radius 1 is 1.40 bits per heavy atom. The Hall–Kier alpha value is -0.860. The summed E-state index contributed by atoms with van der Waals surface area (Å²) in [5.41, 5.74) is -0.642. The first-order chi connectivity index (χ1) is 4.45. The molecule has 10 heavy (non-hydrogen) atoms. The maximum Gasteiger partial charge on any atom is 0.231 e. The highest BCUT2D eigenvalue weighted by Crippen LogP contribution is 2.19. The molecule has 0 bridgehead atoms. The molecule has 0 aromatic carbocycles. The van der Waals surface area contributed by atoms with Gasteiger partial charge in [-0.25, -0.2) is 0 Å². The molecule has 0 aliphatic carbocycles. The molecule has 1 amide bonds. The smallest absolute Gasteiger partial charge is 0.231 e. The van der Waals surface area contributed by atoms with Crippen LogP contribution in [-0.2, 0) is 9.59 Å². The second-order valence-electron chi connectivity index (χ2n) is 3.20. The monoisotopic (exact) mass is 141 g/mol. The molecule has 3 nitrogen and oxygen atoms in total. The first-order valence-corrected chi connectivity index (χ1v) is 3.31. The van der Waals surface area contributed by atoms with Crippen molar-refractivity contribution in [1.82, 2.24) is 5.32 Å². The summed E-state index contributed by atoms with van der Waals surface area (Å²) in [6.45, 7) is 5.07. The van der Waals surface area contributed by atoms with Gasteiger partial charge in [-0.15, -0.1) is 0 Å². The van der Waals surface area contributed by atoms with Gasteiger partial charge in [0.05, 0.1) is 11.5 Å². The fourth-order valence-corrected chi connectivity index (χ4v) is 1.14. The fourth-order valence-electron chi connectivity index (χ4n) is 1.14. The van der Waals surface area contributed by atoms with Gasteiger partial charge in [0, 0.05) is 0 Å². The largest absolute Gasteiger partial charge is 0.344 e. The Kier molecular flexibility index (Phi) is 1.31. The van der Waals surface area contributed by atoms with E-state index in [9.17, 15) is 9.59 Å². The van der Waals surface area contributed by atoms with Crippen molar-refractivity contribution >= 4 is 11.7 Å². The van der Waals surface area contributed by atoms with Crippen molar-refractivity contribution in [2.75, 3.05) is 0 Å². The van der Waals surface area contributed by atoms with Gasteiger partial charge in [0.2, 0.25) is 5.91 Å². The maximum absolute atomic E-state index is 11.2. The van der Waals surface area contributed by atoms with Gasteiger partial charge in [0.25, 0.3) is 0 Å². The van der Waals surface area contributed by atoms with Gasteiger partial charge in [-0.1, -0.05) is 0 Å². The number of carbonyl (C=O) groups is 2. The molecule has 1 aliphatic rings. The molecule has 3 heteroatoms. The molecule has 1 heterocycles. The predicted molar refractivity (Wildman–Crippen MR) is 36.4 cm³/mol. The first kappa shape index (κ1) is 7.25. The molecule has 0 spiro atoms. The van der Waals surface area contributed by atoms with Crippen LogP contribution in [0.2, 0.25) is 0 Å². The molecule has 1 fully saturated rings. The lowest BCUT2D eigenvalue weighted by Crippen LogP contribution is -2.39. The molecule has 1 atom stereocenters. The minimum Gasteiger partial charge on any atom is -0.344 e. The summed E-state index contributed by atoms with van der Waals surface area (Å²) >= 11 is 0. The molecule has 0 aromatic heterocycles. The van der Waals surface area contributed by atoms with Gasteiger partial charge < -0.3 is 5.32 Å². The van der Waals surface area contributed by atoms with E-state index in [1.54, 1.807) is 20.8 Å². The van der Waals surface area contributed by atoms with Crippen LogP contribution in [0.3, 0.4) is 0 Å². The average Bonchev–Trinajstić information content (AvgIpc) is 1.95. The molecule has 1 rings (SSSR count). The van der Waals surface area contributed by atoms with E-state index < -0.39 is 11.5 Å². The standard InChI is InChI=1S/C7H11NO2/c1-4-5(9)7(2,3)8-6(4)10/h4H,1-3H3,(H,8,10). The highest BCUT2D eigenvalue weighted by molar-refractivity contribution is 6.12. The summed E-state index contributed by atoms with van der Waals surface area (Å²) in [6.07, 6.45) is 0. The van der Waals surface area contributed by atoms with E-state index in [0.717, 1.165) is 0 Å². The SMILES string of the molecule is CC1C(=O)NC(C)(C)C1=O. The Morgan fingerprint density at radius 3 is 2.00 bits per heavy atom. The van der Waals surface area contributed by atoms with Crippen molar-refractivity contribution < 1.29 is 9.59 Å². The summed E-state index contributed by atoms with van der Waals surface area (Å²) in [7, 11) is 0. The zero-order valence-corrected chi connectivity index (χ0v) is 6.39. The van der Waals surface area contributed by atoms with E-state index in [4.69, 9.17) is 0 Å². The lowest BCUT2D eigenvalue weighted by Gasteiger charge is -2.14. The lowest BCUT2D eigenvalue weighted by atomic mass is 9.96. The Balaban J connectivity index is 2.92. The topological polar surface area (TPSA) is 46.2 Å². The van der Waals surface area contributed by atoms with Crippen LogP contribution in [0.15, 0.2) is 0 Å². The third-order valence-electron chi connectivity index (χ3n) is 1.84. The van der Waals surface area contributed by atoms with Gasteiger partial charge >= 0.3 is 0 Å². The van der Waals surface area contributed by atoms with E-state index in [1.165, 1.54) is 0 Å². The molecular weight excluding hydrogens is 130 g/mol. The highest BCUT2D eigenvalue weighted by atomic mass is 16.2. The summed E-state index contributed by atoms with van der Waals surface area (Å²) in [4.78, 5) is 22.0. The zero-order chi connectivity index (χ0) is 7.94. The average molecular weight is 141 g/mol. The Labute approximate surface area is 59.8 Å². The van der Waals surface area contributed by atoms with Gasteiger partial charge in [0.1, 0.15) is 0 Å². The van der Waals surface area contributed by atoms with Crippen LogP contribution in [-0.4, -0.2) is 17.2 Å². The molecule has 1 unspecified atom stereocenters. The van der Waals surface area contributed by atoms with Crippen molar-refractivity contribution in [2.24, 2.45) is 5.92 Å². The van der Waals surface area contributed by atoms with Gasteiger partial charge in [0.15, 0.2) is 5.78 Å². The molecule has 1 N–H and O–H groups in total. The van der Waals surface area contributed by atoms with Crippen molar-refractivity contribution in [1.29, 1.82) is 0 Å². The quantitative estimate of drug-likeness (QED) is 0.486. The third kappa shape index (κ3) is 0.818. The van der Waals surface area contributed by atoms with Crippen LogP contribution in [0.1, 0.15) is 20.8 Å². The second-order valence-corrected chi connectivity index (χ2v) is 3.20. The number of rotatable bonds is 0. The number of amides is 1. The van der Waals surface area contributed by atoms with E-state index in [1.807, 2.05) is 0 Å². The molecule has 0 aromatic rings. The predicted octanol–water partition coefficient (Wildman–Crippen LogP) is 0.100. The number of Topliss-reactive ketones (excluding diaryl/α,β-unsaturated/α-hetero) is 1. The molecule has 56 valence electrons. The van der Waals surface area contributed by atoms with Crippen LogP contribution in [0.25, 0.3) is 0 Å². The third-order valence-corrected chi connectivity index (χ3v) is 1.84. The molecule has 0 saturated carbocycles. The number of hydrogen-bond acceptors (Lipinski definition) is 2. The van der Waals surface area contributed by atoms with Gasteiger partial charge in [-0.05, 0) is 20.8 Å². The van der Waals surface area contributed by atoms with Crippen molar-refractivity contribution in [3.8, 4) is 0 Å².